The zero-order valence-corrected chi connectivity index (χ0v) is 12.5. The maximum Gasteiger partial charge on any atom is 0.260 e. The summed E-state index contributed by atoms with van der Waals surface area (Å²) in [5, 5.41) is 7.56. The molecule has 1 aromatic heterocycles. The second-order valence-corrected chi connectivity index (χ2v) is 7.27. The van der Waals surface area contributed by atoms with Gasteiger partial charge in [0, 0.05) is 52.4 Å². The van der Waals surface area contributed by atoms with Crippen molar-refractivity contribution >= 4 is 10.0 Å². The van der Waals surface area contributed by atoms with Crippen LogP contribution in [-0.4, -0.2) is 72.7 Å². The van der Waals surface area contributed by atoms with Crippen LogP contribution in [0.5, 0.6) is 0 Å². The molecule has 1 aromatic rings. The number of rotatable bonds is 3. The predicted molar refractivity (Wildman–Crippen MR) is 74.8 cm³/mol. The topological polar surface area (TPSA) is 70.5 Å². The van der Waals surface area contributed by atoms with Crippen LogP contribution >= 0.6 is 0 Å². The molecule has 2 fully saturated rings. The maximum absolute atomic E-state index is 12.6. The minimum atomic E-state index is -3.41. The molecule has 1 atom stereocenters. The van der Waals surface area contributed by atoms with Gasteiger partial charge in [0.05, 0.1) is 6.20 Å². The van der Waals surface area contributed by atoms with E-state index in [0.29, 0.717) is 19.1 Å². The van der Waals surface area contributed by atoms with Crippen molar-refractivity contribution in [1.29, 1.82) is 0 Å². The third kappa shape index (κ3) is 2.48. The molecule has 0 aromatic carbocycles. The van der Waals surface area contributed by atoms with Crippen LogP contribution in [0.2, 0.25) is 0 Å². The lowest BCUT2D eigenvalue weighted by Crippen LogP contribution is -2.49. The van der Waals surface area contributed by atoms with Crippen LogP contribution in [0.3, 0.4) is 0 Å². The first-order chi connectivity index (χ1) is 9.59. The van der Waals surface area contributed by atoms with Crippen molar-refractivity contribution in [2.45, 2.75) is 17.5 Å². The number of aryl methyl sites for hydroxylation is 1. The fourth-order valence-electron chi connectivity index (χ4n) is 3.02. The SMILES string of the molecule is Cn1nccc1S(=O)(=O)N1CCC(N2CCNCC2)C1. The Morgan fingerprint density at radius 2 is 2.05 bits per heavy atom. The maximum atomic E-state index is 12.6. The molecule has 3 rings (SSSR count). The Hall–Kier alpha value is -0.960. The second-order valence-electron chi connectivity index (χ2n) is 5.38. The minimum Gasteiger partial charge on any atom is -0.314 e. The molecule has 0 spiro atoms. The summed E-state index contributed by atoms with van der Waals surface area (Å²) in [6.45, 7) is 5.18. The molecule has 0 bridgehead atoms. The average Bonchev–Trinajstić information content (AvgIpc) is 3.08. The van der Waals surface area contributed by atoms with Crippen LogP contribution in [0.25, 0.3) is 0 Å². The van der Waals surface area contributed by atoms with E-state index in [1.165, 1.54) is 10.9 Å². The molecule has 2 aliphatic heterocycles. The van der Waals surface area contributed by atoms with Gasteiger partial charge in [-0.25, -0.2) is 8.42 Å². The fraction of sp³-hybridized carbons (Fsp3) is 0.750. The number of hydrogen-bond acceptors (Lipinski definition) is 5. The monoisotopic (exact) mass is 299 g/mol. The Kier molecular flexibility index (Phi) is 3.80. The van der Waals surface area contributed by atoms with Crippen molar-refractivity contribution < 1.29 is 8.42 Å². The Morgan fingerprint density at radius 3 is 2.70 bits per heavy atom. The van der Waals surface area contributed by atoms with E-state index < -0.39 is 10.0 Å². The van der Waals surface area contributed by atoms with E-state index in [1.54, 1.807) is 17.4 Å². The average molecular weight is 299 g/mol. The Labute approximate surface area is 119 Å². The van der Waals surface area contributed by atoms with Crippen molar-refractivity contribution in [3.8, 4) is 0 Å². The molecule has 20 heavy (non-hydrogen) atoms. The van der Waals surface area contributed by atoms with E-state index in [0.717, 1.165) is 32.6 Å². The smallest absolute Gasteiger partial charge is 0.260 e. The normalized spacial score (nSPS) is 26.1. The zero-order chi connectivity index (χ0) is 14.2. The van der Waals surface area contributed by atoms with Gasteiger partial charge in [0.1, 0.15) is 0 Å². The molecule has 0 aliphatic carbocycles. The van der Waals surface area contributed by atoms with Gasteiger partial charge in [-0.2, -0.15) is 9.40 Å². The quantitative estimate of drug-likeness (QED) is 0.782. The summed E-state index contributed by atoms with van der Waals surface area (Å²) in [5.41, 5.74) is 0. The lowest BCUT2D eigenvalue weighted by Gasteiger charge is -2.32. The number of piperazine rings is 1. The Morgan fingerprint density at radius 1 is 1.30 bits per heavy atom. The molecule has 1 unspecified atom stereocenters. The van der Waals surface area contributed by atoms with Crippen molar-refractivity contribution in [3.05, 3.63) is 12.3 Å². The number of nitrogens with one attached hydrogen (secondary N) is 1. The summed E-state index contributed by atoms with van der Waals surface area (Å²) in [5.74, 6) is 0. The van der Waals surface area contributed by atoms with Gasteiger partial charge in [-0.1, -0.05) is 0 Å². The molecule has 112 valence electrons. The summed E-state index contributed by atoms with van der Waals surface area (Å²) in [7, 11) is -1.74. The van der Waals surface area contributed by atoms with Gasteiger partial charge < -0.3 is 5.32 Å². The summed E-state index contributed by atoms with van der Waals surface area (Å²) in [4.78, 5) is 2.40. The molecule has 7 nitrogen and oxygen atoms in total. The summed E-state index contributed by atoms with van der Waals surface area (Å²) >= 11 is 0. The molecule has 0 saturated carbocycles. The van der Waals surface area contributed by atoms with E-state index in [-0.39, 0.29) is 5.03 Å². The molecular weight excluding hydrogens is 278 g/mol. The van der Waals surface area contributed by atoms with Crippen molar-refractivity contribution in [1.82, 2.24) is 24.3 Å². The van der Waals surface area contributed by atoms with Crippen molar-refractivity contribution in [2.24, 2.45) is 7.05 Å². The first-order valence-corrected chi connectivity index (χ1v) is 8.46. The van der Waals surface area contributed by atoms with Gasteiger partial charge in [0.15, 0.2) is 5.03 Å². The summed E-state index contributed by atoms with van der Waals surface area (Å²) < 4.78 is 28.2. The second kappa shape index (κ2) is 5.44. The molecule has 1 N–H and O–H groups in total. The number of nitrogens with zero attached hydrogens (tertiary/aromatic N) is 4. The number of hydrogen-bond donors (Lipinski definition) is 1. The van der Waals surface area contributed by atoms with E-state index in [4.69, 9.17) is 0 Å². The summed E-state index contributed by atoms with van der Waals surface area (Å²) in [6.07, 6.45) is 2.44. The van der Waals surface area contributed by atoms with Gasteiger partial charge in [0.25, 0.3) is 10.0 Å². The Bertz CT molecular complexity index is 564. The first-order valence-electron chi connectivity index (χ1n) is 7.02. The van der Waals surface area contributed by atoms with E-state index in [1.807, 2.05) is 0 Å². The van der Waals surface area contributed by atoms with Crippen molar-refractivity contribution in [3.63, 3.8) is 0 Å². The van der Waals surface area contributed by atoms with Gasteiger partial charge >= 0.3 is 0 Å². The third-order valence-corrected chi connectivity index (χ3v) is 6.11. The third-order valence-electron chi connectivity index (χ3n) is 4.17. The molecule has 2 aliphatic rings. The van der Waals surface area contributed by atoms with Crippen LogP contribution in [0.1, 0.15) is 6.42 Å². The highest BCUT2D eigenvalue weighted by molar-refractivity contribution is 7.89. The highest BCUT2D eigenvalue weighted by Crippen LogP contribution is 2.23. The fourth-order valence-corrected chi connectivity index (χ4v) is 4.61. The number of aromatic nitrogens is 2. The van der Waals surface area contributed by atoms with Crippen LogP contribution in [0.4, 0.5) is 0 Å². The molecule has 2 saturated heterocycles. The lowest BCUT2D eigenvalue weighted by atomic mass is 10.2. The van der Waals surface area contributed by atoms with Crippen LogP contribution in [-0.2, 0) is 17.1 Å². The predicted octanol–water partition coefficient (Wildman–Crippen LogP) is -0.912. The molecule has 0 amide bonds. The first kappa shape index (κ1) is 14.0. The Balaban J connectivity index is 1.72. The van der Waals surface area contributed by atoms with Gasteiger partial charge in [-0.15, -0.1) is 0 Å². The molecular formula is C12H21N5O2S. The molecule has 3 heterocycles. The summed E-state index contributed by atoms with van der Waals surface area (Å²) in [6, 6.07) is 1.91. The molecule has 0 radical (unpaired) electrons. The highest BCUT2D eigenvalue weighted by atomic mass is 32.2. The zero-order valence-electron chi connectivity index (χ0n) is 11.7. The van der Waals surface area contributed by atoms with Crippen LogP contribution in [0, 0.1) is 0 Å². The number of sulfonamides is 1. The van der Waals surface area contributed by atoms with E-state index in [9.17, 15) is 8.42 Å². The van der Waals surface area contributed by atoms with Crippen LogP contribution in [0.15, 0.2) is 17.3 Å². The van der Waals surface area contributed by atoms with E-state index in [2.05, 4.69) is 15.3 Å². The van der Waals surface area contributed by atoms with Gasteiger partial charge in [-0.3, -0.25) is 9.58 Å². The standard InChI is InChI=1S/C12H21N5O2S/c1-15-12(2-4-14-15)20(18,19)17-7-3-11(10-17)16-8-5-13-6-9-16/h2,4,11,13H,3,5-10H2,1H3. The molecule has 8 heteroatoms. The van der Waals surface area contributed by atoms with Crippen molar-refractivity contribution in [2.75, 3.05) is 39.3 Å². The van der Waals surface area contributed by atoms with Crippen LogP contribution < -0.4 is 5.32 Å². The largest absolute Gasteiger partial charge is 0.314 e. The highest BCUT2D eigenvalue weighted by Gasteiger charge is 2.36. The lowest BCUT2D eigenvalue weighted by molar-refractivity contribution is 0.179. The van der Waals surface area contributed by atoms with E-state index >= 15 is 0 Å². The minimum absolute atomic E-state index is 0.276. The van der Waals surface area contributed by atoms with Gasteiger partial charge in [-0.05, 0) is 12.5 Å². The van der Waals surface area contributed by atoms with Gasteiger partial charge in [0.2, 0.25) is 0 Å².